The summed E-state index contributed by atoms with van der Waals surface area (Å²) in [5, 5.41) is 0. The van der Waals surface area contributed by atoms with E-state index in [-0.39, 0.29) is 0 Å². The molecule has 0 bridgehead atoms. The minimum absolute atomic E-state index is 0.716. The number of aliphatic imine (C=N–C) groups is 1. The molecule has 0 aromatic carbocycles. The lowest BCUT2D eigenvalue weighted by Crippen LogP contribution is -1.91. The second-order valence-electron chi connectivity index (χ2n) is 2.05. The number of rotatable bonds is 3. The molecule has 0 amide bonds. The summed E-state index contributed by atoms with van der Waals surface area (Å²) in [6.45, 7) is 7.44. The predicted octanol–water partition coefficient (Wildman–Crippen LogP) is 1.84. The minimum Gasteiger partial charge on any atom is -0.401 e. The Balaban J connectivity index is 4.12. The number of hydrogen-bond donors (Lipinski definition) is 1. The Labute approximate surface area is 62.1 Å². The summed E-state index contributed by atoms with van der Waals surface area (Å²) in [5.41, 5.74) is 7.05. The van der Waals surface area contributed by atoms with E-state index in [0.717, 1.165) is 12.1 Å². The van der Waals surface area contributed by atoms with Crippen LogP contribution in [0.25, 0.3) is 0 Å². The van der Waals surface area contributed by atoms with Crippen LogP contribution in [0.15, 0.2) is 29.5 Å². The molecule has 0 aromatic heterocycles. The molecular weight excluding hydrogens is 124 g/mol. The van der Waals surface area contributed by atoms with E-state index < -0.39 is 0 Å². The molecule has 0 saturated carbocycles. The fourth-order valence-electron chi connectivity index (χ4n) is 0.473. The molecule has 0 unspecified atom stereocenters. The molecule has 2 heteroatoms. The summed E-state index contributed by atoms with van der Waals surface area (Å²) in [7, 11) is 0. The van der Waals surface area contributed by atoms with Crippen molar-refractivity contribution in [2.75, 3.05) is 0 Å². The van der Waals surface area contributed by atoms with Gasteiger partial charge in [0.1, 0.15) is 0 Å². The van der Waals surface area contributed by atoms with Crippen molar-refractivity contribution >= 4 is 5.71 Å². The molecule has 0 aromatic rings. The average molecular weight is 138 g/mol. The molecule has 10 heavy (non-hydrogen) atoms. The van der Waals surface area contributed by atoms with Gasteiger partial charge < -0.3 is 5.73 Å². The van der Waals surface area contributed by atoms with Crippen molar-refractivity contribution in [3.8, 4) is 0 Å². The number of hydrogen-bond acceptors (Lipinski definition) is 2. The molecule has 0 radical (unpaired) electrons. The Morgan fingerprint density at radius 1 is 1.70 bits per heavy atom. The third kappa shape index (κ3) is 3.89. The van der Waals surface area contributed by atoms with Crippen molar-refractivity contribution in [3.05, 3.63) is 24.6 Å². The Kier molecular flexibility index (Phi) is 4.29. The second-order valence-corrected chi connectivity index (χ2v) is 2.05. The van der Waals surface area contributed by atoms with Gasteiger partial charge in [-0.1, -0.05) is 13.5 Å². The molecule has 0 fully saturated rings. The normalized spacial score (nSPS) is 13.4. The minimum atomic E-state index is 0.716. The van der Waals surface area contributed by atoms with E-state index in [2.05, 4.69) is 11.6 Å². The van der Waals surface area contributed by atoms with Gasteiger partial charge >= 0.3 is 0 Å². The van der Waals surface area contributed by atoms with Gasteiger partial charge in [-0.3, -0.25) is 4.99 Å². The van der Waals surface area contributed by atoms with E-state index in [0.29, 0.717) is 5.70 Å². The first-order chi connectivity index (χ1) is 4.70. The number of nitrogens with zero attached hydrogens (tertiary/aromatic N) is 1. The van der Waals surface area contributed by atoms with Gasteiger partial charge in [0.2, 0.25) is 0 Å². The summed E-state index contributed by atoms with van der Waals surface area (Å²) >= 11 is 0. The van der Waals surface area contributed by atoms with Gasteiger partial charge in [0.05, 0.1) is 0 Å². The Bertz CT molecular complexity index is 162. The first kappa shape index (κ1) is 8.95. The standard InChI is InChI=1S/C8H14N2/c1-4-8(5-2)10-6-7(3)9/h4,6H,1,5,9H2,2-3H3/b7-6-,10-8?. The first-order valence-electron chi connectivity index (χ1n) is 3.32. The zero-order valence-electron chi connectivity index (χ0n) is 6.59. The summed E-state index contributed by atoms with van der Waals surface area (Å²) < 4.78 is 0. The maximum atomic E-state index is 5.37. The van der Waals surface area contributed by atoms with Crippen LogP contribution in [-0.4, -0.2) is 5.71 Å². The lowest BCUT2D eigenvalue weighted by atomic mass is 10.3. The molecule has 0 aliphatic heterocycles. The molecule has 0 spiro atoms. The summed E-state index contributed by atoms with van der Waals surface area (Å²) in [6.07, 6.45) is 4.27. The quantitative estimate of drug-likeness (QED) is 0.594. The van der Waals surface area contributed by atoms with E-state index in [1.165, 1.54) is 0 Å². The lowest BCUT2D eigenvalue weighted by Gasteiger charge is -1.91. The van der Waals surface area contributed by atoms with Gasteiger partial charge in [-0.15, -0.1) is 0 Å². The van der Waals surface area contributed by atoms with Gasteiger partial charge in [0.15, 0.2) is 0 Å². The second kappa shape index (κ2) is 4.79. The predicted molar refractivity (Wildman–Crippen MR) is 45.9 cm³/mol. The molecule has 0 heterocycles. The van der Waals surface area contributed by atoms with Gasteiger partial charge in [-0.25, -0.2) is 0 Å². The van der Waals surface area contributed by atoms with E-state index in [9.17, 15) is 0 Å². The first-order valence-corrected chi connectivity index (χ1v) is 3.32. The van der Waals surface area contributed by atoms with Crippen molar-refractivity contribution < 1.29 is 0 Å². The third-order valence-corrected chi connectivity index (χ3v) is 1.03. The lowest BCUT2D eigenvalue weighted by molar-refractivity contribution is 1.24. The molecule has 2 N–H and O–H groups in total. The van der Waals surface area contributed by atoms with Crippen LogP contribution in [0.5, 0.6) is 0 Å². The van der Waals surface area contributed by atoms with Gasteiger partial charge in [-0.2, -0.15) is 0 Å². The van der Waals surface area contributed by atoms with Gasteiger partial charge in [-0.05, 0) is 19.4 Å². The van der Waals surface area contributed by atoms with Gasteiger partial charge in [0, 0.05) is 17.6 Å². The smallest absolute Gasteiger partial charge is 0.0455 e. The van der Waals surface area contributed by atoms with Crippen LogP contribution in [0.2, 0.25) is 0 Å². The van der Waals surface area contributed by atoms with Gasteiger partial charge in [0.25, 0.3) is 0 Å². The van der Waals surface area contributed by atoms with Crippen LogP contribution in [0.1, 0.15) is 20.3 Å². The van der Waals surface area contributed by atoms with Crippen molar-refractivity contribution in [2.45, 2.75) is 20.3 Å². The average Bonchev–Trinajstić information content (AvgIpc) is 1.90. The van der Waals surface area contributed by atoms with Crippen molar-refractivity contribution in [1.82, 2.24) is 0 Å². The van der Waals surface area contributed by atoms with Crippen molar-refractivity contribution in [3.63, 3.8) is 0 Å². The maximum absolute atomic E-state index is 5.37. The van der Waals surface area contributed by atoms with E-state index >= 15 is 0 Å². The maximum Gasteiger partial charge on any atom is 0.0455 e. The van der Waals surface area contributed by atoms with Crippen LogP contribution in [0.3, 0.4) is 0 Å². The highest BCUT2D eigenvalue weighted by atomic mass is 14.7. The summed E-state index contributed by atoms with van der Waals surface area (Å²) in [4.78, 5) is 4.07. The van der Waals surface area contributed by atoms with Crippen LogP contribution in [0, 0.1) is 0 Å². The molecule has 56 valence electrons. The molecular formula is C8H14N2. The molecule has 0 aliphatic carbocycles. The number of nitrogens with two attached hydrogens (primary N) is 1. The zero-order chi connectivity index (χ0) is 7.98. The van der Waals surface area contributed by atoms with Crippen LogP contribution in [0.4, 0.5) is 0 Å². The molecule has 2 nitrogen and oxygen atoms in total. The van der Waals surface area contributed by atoms with E-state index in [1.54, 1.807) is 19.2 Å². The third-order valence-electron chi connectivity index (χ3n) is 1.03. The Morgan fingerprint density at radius 2 is 2.30 bits per heavy atom. The molecule has 0 aliphatic rings. The Morgan fingerprint density at radius 3 is 2.60 bits per heavy atom. The van der Waals surface area contributed by atoms with Crippen molar-refractivity contribution in [1.29, 1.82) is 0 Å². The van der Waals surface area contributed by atoms with E-state index in [1.807, 2.05) is 6.92 Å². The highest BCUT2D eigenvalue weighted by Crippen LogP contribution is 1.89. The fourth-order valence-corrected chi connectivity index (χ4v) is 0.473. The topological polar surface area (TPSA) is 38.4 Å². The van der Waals surface area contributed by atoms with Crippen LogP contribution < -0.4 is 5.73 Å². The summed E-state index contributed by atoms with van der Waals surface area (Å²) in [5.74, 6) is 0. The largest absolute Gasteiger partial charge is 0.401 e. The zero-order valence-corrected chi connectivity index (χ0v) is 6.59. The van der Waals surface area contributed by atoms with Crippen LogP contribution >= 0.6 is 0 Å². The Hall–Kier alpha value is -1.05. The van der Waals surface area contributed by atoms with E-state index in [4.69, 9.17) is 5.73 Å². The number of allylic oxidation sites excluding steroid dienone is 2. The summed E-state index contributed by atoms with van der Waals surface area (Å²) in [6, 6.07) is 0. The highest BCUT2D eigenvalue weighted by Gasteiger charge is 1.83. The monoisotopic (exact) mass is 138 g/mol. The SMILES string of the molecule is C=CC(CC)=N/C=C(/C)N. The highest BCUT2D eigenvalue weighted by molar-refractivity contribution is 5.94. The van der Waals surface area contributed by atoms with Crippen molar-refractivity contribution in [2.24, 2.45) is 10.7 Å². The molecule has 0 saturated heterocycles. The van der Waals surface area contributed by atoms with Crippen LogP contribution in [-0.2, 0) is 0 Å². The fraction of sp³-hybridized carbons (Fsp3) is 0.375. The molecule has 0 atom stereocenters. The molecule has 0 rings (SSSR count).